The van der Waals surface area contributed by atoms with Crippen LogP contribution in [0.1, 0.15) is 43.1 Å². The maximum atomic E-state index is 10.6. The fourth-order valence-electron chi connectivity index (χ4n) is 3.62. The van der Waals surface area contributed by atoms with E-state index in [0.29, 0.717) is 30.3 Å². The molecule has 2 fully saturated rings. The van der Waals surface area contributed by atoms with Gasteiger partial charge in [-0.25, -0.2) is 0 Å². The number of H-pyrrole nitrogens is 1. The zero-order valence-corrected chi connectivity index (χ0v) is 16.7. The van der Waals surface area contributed by atoms with Crippen LogP contribution in [0.4, 0.5) is 0 Å². The van der Waals surface area contributed by atoms with Gasteiger partial charge in [0.2, 0.25) is 0 Å². The van der Waals surface area contributed by atoms with Crippen LogP contribution in [0, 0.1) is 5.92 Å². The second-order valence-electron chi connectivity index (χ2n) is 6.59. The molecule has 27 heavy (non-hydrogen) atoms. The standard InChI is InChI=1S/C11H11NO2.C9H14O2.C2H6/c1-14-7-8-2-3-10-9(6-13)5-12-11(10)4-8;1-3-8-7-4-6(2)11-9(7)5-10-8;1-2/h2-6,12H,7H2,1H3;3,6-9H,1,4-5H2,2H3;1-2H3. The third kappa shape index (κ3) is 5.06. The molecule has 1 aromatic heterocycles. The van der Waals surface area contributed by atoms with Gasteiger partial charge in [-0.2, -0.15) is 0 Å². The lowest BCUT2D eigenvalue weighted by atomic mass is 9.96. The highest BCUT2D eigenvalue weighted by atomic mass is 16.6. The van der Waals surface area contributed by atoms with Gasteiger partial charge in [-0.15, -0.1) is 6.58 Å². The first kappa shape index (κ1) is 21.4. The minimum atomic E-state index is 0.241. The molecule has 0 radical (unpaired) electrons. The number of rotatable bonds is 4. The van der Waals surface area contributed by atoms with Gasteiger partial charge in [0, 0.05) is 35.7 Å². The number of hydrogen-bond acceptors (Lipinski definition) is 4. The number of hydrogen-bond donors (Lipinski definition) is 1. The Morgan fingerprint density at radius 2 is 2.15 bits per heavy atom. The Morgan fingerprint density at radius 1 is 1.37 bits per heavy atom. The molecule has 5 nitrogen and oxygen atoms in total. The molecule has 0 saturated carbocycles. The molecule has 5 heteroatoms. The molecule has 2 aromatic rings. The van der Waals surface area contributed by atoms with Gasteiger partial charge in [-0.05, 0) is 25.0 Å². The summed E-state index contributed by atoms with van der Waals surface area (Å²) < 4.78 is 16.1. The molecule has 4 atom stereocenters. The van der Waals surface area contributed by atoms with E-state index in [4.69, 9.17) is 14.2 Å². The van der Waals surface area contributed by atoms with Gasteiger partial charge >= 0.3 is 0 Å². The fraction of sp³-hybridized carbons (Fsp3) is 0.500. The predicted molar refractivity (Wildman–Crippen MR) is 108 cm³/mol. The van der Waals surface area contributed by atoms with Crippen LogP contribution in [0.25, 0.3) is 10.9 Å². The lowest BCUT2D eigenvalue weighted by Gasteiger charge is -2.09. The summed E-state index contributed by atoms with van der Waals surface area (Å²) in [6, 6.07) is 5.89. The third-order valence-corrected chi connectivity index (χ3v) is 4.81. The lowest BCUT2D eigenvalue weighted by Crippen LogP contribution is -2.17. The van der Waals surface area contributed by atoms with Crippen molar-refractivity contribution < 1.29 is 19.0 Å². The summed E-state index contributed by atoms with van der Waals surface area (Å²) in [7, 11) is 1.66. The van der Waals surface area contributed by atoms with Gasteiger partial charge in [-0.3, -0.25) is 4.79 Å². The van der Waals surface area contributed by atoms with E-state index in [1.54, 1.807) is 13.3 Å². The van der Waals surface area contributed by atoms with Crippen LogP contribution in [0.15, 0.2) is 37.1 Å². The Kier molecular flexibility index (Phi) is 8.23. The molecule has 3 heterocycles. The van der Waals surface area contributed by atoms with Crippen LogP contribution in [0.2, 0.25) is 0 Å². The zero-order valence-electron chi connectivity index (χ0n) is 16.7. The average molecular weight is 373 g/mol. The van der Waals surface area contributed by atoms with Crippen LogP contribution < -0.4 is 0 Å². The Morgan fingerprint density at radius 3 is 2.81 bits per heavy atom. The van der Waals surface area contributed by atoms with Crippen molar-refractivity contribution in [3.05, 3.63) is 48.2 Å². The highest BCUT2D eigenvalue weighted by Gasteiger charge is 2.42. The van der Waals surface area contributed by atoms with Gasteiger partial charge < -0.3 is 19.2 Å². The zero-order chi connectivity index (χ0) is 19.8. The molecular formula is C22H31NO4. The number of aldehydes is 1. The quantitative estimate of drug-likeness (QED) is 0.632. The number of methoxy groups -OCH3 is 1. The SMILES string of the molecule is C=CC1OCC2OC(C)CC12.CC.COCc1ccc2c(C=O)c[nH]c2c1. The minimum absolute atomic E-state index is 0.241. The maximum absolute atomic E-state index is 10.6. The Hall–Kier alpha value is -1.95. The summed E-state index contributed by atoms with van der Waals surface area (Å²) >= 11 is 0. The first-order chi connectivity index (χ1) is 13.2. The van der Waals surface area contributed by atoms with E-state index in [1.165, 1.54) is 0 Å². The second-order valence-corrected chi connectivity index (χ2v) is 6.59. The molecular weight excluding hydrogens is 342 g/mol. The Labute approximate surface area is 161 Å². The number of carbonyl (C=O) groups is 1. The Bertz CT molecular complexity index is 739. The number of aromatic nitrogens is 1. The van der Waals surface area contributed by atoms with Crippen LogP contribution >= 0.6 is 0 Å². The fourth-order valence-corrected chi connectivity index (χ4v) is 3.62. The van der Waals surface area contributed by atoms with E-state index >= 15 is 0 Å². The number of fused-ring (bicyclic) bond motifs is 2. The smallest absolute Gasteiger partial charge is 0.152 e. The second kappa shape index (κ2) is 10.4. The average Bonchev–Trinajstić information content (AvgIpc) is 3.37. The molecule has 0 aliphatic carbocycles. The van der Waals surface area contributed by atoms with E-state index in [1.807, 2.05) is 38.1 Å². The molecule has 0 spiro atoms. The van der Waals surface area contributed by atoms with E-state index in [2.05, 4.69) is 18.5 Å². The molecule has 2 aliphatic heterocycles. The highest BCUT2D eigenvalue weighted by Crippen LogP contribution is 2.35. The summed E-state index contributed by atoms with van der Waals surface area (Å²) in [6.45, 7) is 11.2. The summed E-state index contributed by atoms with van der Waals surface area (Å²) in [4.78, 5) is 13.7. The molecule has 1 N–H and O–H groups in total. The van der Waals surface area contributed by atoms with Crippen LogP contribution in [0.3, 0.4) is 0 Å². The molecule has 148 valence electrons. The van der Waals surface area contributed by atoms with Crippen LogP contribution in [-0.2, 0) is 20.8 Å². The number of ether oxygens (including phenoxy) is 3. The molecule has 0 bridgehead atoms. The van der Waals surface area contributed by atoms with Crippen molar-refractivity contribution in [1.29, 1.82) is 0 Å². The summed E-state index contributed by atoms with van der Waals surface area (Å²) in [5.74, 6) is 0.572. The normalized spacial score (nSPS) is 25.8. The van der Waals surface area contributed by atoms with Crippen LogP contribution in [0.5, 0.6) is 0 Å². The maximum Gasteiger partial charge on any atom is 0.152 e. The number of nitrogens with one attached hydrogen (secondary N) is 1. The van der Waals surface area contributed by atoms with Gasteiger partial charge in [0.15, 0.2) is 6.29 Å². The molecule has 4 unspecified atom stereocenters. The van der Waals surface area contributed by atoms with Crippen molar-refractivity contribution in [3.8, 4) is 0 Å². The first-order valence-electron chi connectivity index (χ1n) is 9.60. The van der Waals surface area contributed by atoms with E-state index < -0.39 is 0 Å². The third-order valence-electron chi connectivity index (χ3n) is 4.81. The first-order valence-corrected chi connectivity index (χ1v) is 9.60. The number of benzene rings is 1. The van der Waals surface area contributed by atoms with Crippen molar-refractivity contribution in [2.75, 3.05) is 13.7 Å². The lowest BCUT2D eigenvalue weighted by molar-refractivity contribution is 0.0229. The van der Waals surface area contributed by atoms with Gasteiger partial charge in [0.25, 0.3) is 0 Å². The molecule has 2 saturated heterocycles. The number of carbonyl (C=O) groups excluding carboxylic acids is 1. The Balaban J connectivity index is 0.000000181. The minimum Gasteiger partial charge on any atom is -0.380 e. The molecule has 0 amide bonds. The predicted octanol–water partition coefficient (Wildman–Crippen LogP) is 4.52. The van der Waals surface area contributed by atoms with Gasteiger partial charge in [0.05, 0.1) is 31.5 Å². The summed E-state index contributed by atoms with van der Waals surface area (Å²) in [6.07, 6.45) is 6.59. The van der Waals surface area contributed by atoms with Gasteiger partial charge in [-0.1, -0.05) is 32.1 Å². The van der Waals surface area contributed by atoms with Crippen molar-refractivity contribution in [1.82, 2.24) is 4.98 Å². The molecule has 2 aliphatic rings. The van der Waals surface area contributed by atoms with Crippen molar-refractivity contribution >= 4 is 17.2 Å². The largest absolute Gasteiger partial charge is 0.380 e. The van der Waals surface area contributed by atoms with Crippen LogP contribution in [-0.4, -0.2) is 43.3 Å². The van der Waals surface area contributed by atoms with Crippen molar-refractivity contribution in [2.45, 2.75) is 52.1 Å². The van der Waals surface area contributed by atoms with Crippen molar-refractivity contribution in [3.63, 3.8) is 0 Å². The van der Waals surface area contributed by atoms with E-state index in [-0.39, 0.29) is 6.10 Å². The van der Waals surface area contributed by atoms with E-state index in [0.717, 1.165) is 35.8 Å². The van der Waals surface area contributed by atoms with Gasteiger partial charge in [0.1, 0.15) is 0 Å². The highest BCUT2D eigenvalue weighted by molar-refractivity contribution is 5.97. The summed E-state index contributed by atoms with van der Waals surface area (Å²) in [5.41, 5.74) is 2.77. The molecule has 4 rings (SSSR count). The van der Waals surface area contributed by atoms with E-state index in [9.17, 15) is 4.79 Å². The molecule has 1 aromatic carbocycles. The number of aromatic amines is 1. The summed E-state index contributed by atoms with van der Waals surface area (Å²) in [5, 5.41) is 0.958. The monoisotopic (exact) mass is 373 g/mol. The van der Waals surface area contributed by atoms with Crippen molar-refractivity contribution in [2.24, 2.45) is 5.92 Å². The topological polar surface area (TPSA) is 60.6 Å².